The summed E-state index contributed by atoms with van der Waals surface area (Å²) in [5.41, 5.74) is 0. The molecule has 0 radical (unpaired) electrons. The summed E-state index contributed by atoms with van der Waals surface area (Å²) >= 11 is 7.04. The first-order valence-corrected chi connectivity index (χ1v) is 7.00. The van der Waals surface area contributed by atoms with Crippen LogP contribution in [0.2, 0.25) is 0 Å². The third-order valence-electron chi connectivity index (χ3n) is 2.27. The Balaban J connectivity index is 2.42. The first-order valence-electron chi connectivity index (χ1n) is 5.71. The summed E-state index contributed by atoms with van der Waals surface area (Å²) in [6.07, 6.45) is 1.05. The van der Waals surface area contributed by atoms with Crippen LogP contribution in [0.4, 0.5) is 0 Å². The molecule has 1 aromatic rings. The highest BCUT2D eigenvalue weighted by Crippen LogP contribution is 2.21. The van der Waals surface area contributed by atoms with Gasteiger partial charge >= 0.3 is 0 Å². The molecule has 2 nitrogen and oxygen atoms in total. The lowest BCUT2D eigenvalue weighted by Gasteiger charge is -2.19. The monoisotopic (exact) mass is 256 g/mol. The highest BCUT2D eigenvalue weighted by molar-refractivity contribution is 7.80. The van der Waals surface area contributed by atoms with Crippen molar-refractivity contribution in [1.29, 1.82) is 0 Å². The Labute approximate surface area is 107 Å². The summed E-state index contributed by atoms with van der Waals surface area (Å²) in [5.74, 6) is 0.613. The molecule has 0 amide bonds. The fourth-order valence-corrected chi connectivity index (χ4v) is 2.46. The number of hydrogen-bond acceptors (Lipinski definition) is 2. The van der Waals surface area contributed by atoms with Gasteiger partial charge in [-0.05, 0) is 36.0 Å². The minimum atomic E-state index is 0.340. The molecule has 0 saturated carbocycles. The highest BCUT2D eigenvalue weighted by atomic mass is 32.1. The van der Waals surface area contributed by atoms with Crippen molar-refractivity contribution in [1.82, 2.24) is 10.6 Å². The molecule has 1 atom stereocenters. The summed E-state index contributed by atoms with van der Waals surface area (Å²) in [7, 11) is 0. The lowest BCUT2D eigenvalue weighted by molar-refractivity contribution is 0.592. The summed E-state index contributed by atoms with van der Waals surface area (Å²) in [6.45, 7) is 7.44. The van der Waals surface area contributed by atoms with Crippen LogP contribution in [0.15, 0.2) is 17.5 Å². The van der Waals surface area contributed by atoms with E-state index in [1.54, 1.807) is 11.3 Å². The number of thiocarbonyl (C=S) groups is 1. The fraction of sp³-hybridized carbons (Fsp3) is 0.583. The fourth-order valence-electron chi connectivity index (χ4n) is 1.37. The smallest absolute Gasteiger partial charge is 0.166 e. The molecule has 0 aromatic carbocycles. The van der Waals surface area contributed by atoms with E-state index in [1.165, 1.54) is 4.88 Å². The average Bonchev–Trinajstić information content (AvgIpc) is 2.76. The van der Waals surface area contributed by atoms with Crippen LogP contribution in [0.25, 0.3) is 0 Å². The third kappa shape index (κ3) is 4.49. The van der Waals surface area contributed by atoms with Gasteiger partial charge < -0.3 is 10.6 Å². The van der Waals surface area contributed by atoms with E-state index in [0.29, 0.717) is 12.0 Å². The summed E-state index contributed by atoms with van der Waals surface area (Å²) in [4.78, 5) is 1.34. The van der Waals surface area contributed by atoms with Crippen LogP contribution in [-0.2, 0) is 0 Å². The Kier molecular flexibility index (Phi) is 5.77. The Morgan fingerprint density at radius 1 is 1.50 bits per heavy atom. The van der Waals surface area contributed by atoms with Crippen molar-refractivity contribution < 1.29 is 0 Å². The van der Waals surface area contributed by atoms with Crippen molar-refractivity contribution >= 4 is 28.7 Å². The van der Waals surface area contributed by atoms with Crippen LogP contribution >= 0.6 is 23.6 Å². The van der Waals surface area contributed by atoms with E-state index in [9.17, 15) is 0 Å². The molecule has 1 heterocycles. The van der Waals surface area contributed by atoms with Gasteiger partial charge in [0.05, 0.1) is 6.04 Å². The molecular formula is C12H20N2S2. The van der Waals surface area contributed by atoms with E-state index in [4.69, 9.17) is 12.2 Å². The van der Waals surface area contributed by atoms with Crippen molar-refractivity contribution in [2.75, 3.05) is 6.54 Å². The van der Waals surface area contributed by atoms with Crippen molar-refractivity contribution in [3.63, 3.8) is 0 Å². The van der Waals surface area contributed by atoms with E-state index < -0.39 is 0 Å². The summed E-state index contributed by atoms with van der Waals surface area (Å²) < 4.78 is 0. The average molecular weight is 256 g/mol. The second-order valence-corrected chi connectivity index (χ2v) is 5.61. The van der Waals surface area contributed by atoms with Gasteiger partial charge in [0.2, 0.25) is 0 Å². The van der Waals surface area contributed by atoms with Crippen LogP contribution in [0.5, 0.6) is 0 Å². The van der Waals surface area contributed by atoms with Crippen molar-refractivity contribution in [3.05, 3.63) is 22.4 Å². The molecule has 0 aliphatic heterocycles. The van der Waals surface area contributed by atoms with Gasteiger partial charge in [0.15, 0.2) is 5.11 Å². The topological polar surface area (TPSA) is 24.1 Å². The van der Waals surface area contributed by atoms with Crippen LogP contribution in [0.1, 0.15) is 38.1 Å². The van der Waals surface area contributed by atoms with Crippen molar-refractivity contribution in [2.45, 2.75) is 33.2 Å². The van der Waals surface area contributed by atoms with Gasteiger partial charge in [0, 0.05) is 11.4 Å². The minimum Gasteiger partial charge on any atom is -0.362 e. The number of nitrogens with one attached hydrogen (secondary N) is 2. The van der Waals surface area contributed by atoms with Crippen LogP contribution in [-0.4, -0.2) is 11.7 Å². The number of rotatable bonds is 5. The van der Waals surface area contributed by atoms with E-state index in [0.717, 1.165) is 18.1 Å². The van der Waals surface area contributed by atoms with Gasteiger partial charge in [0.25, 0.3) is 0 Å². The molecule has 1 aromatic heterocycles. The lowest BCUT2D eigenvalue weighted by atomic mass is 10.2. The second kappa shape index (κ2) is 6.86. The maximum atomic E-state index is 5.27. The molecule has 0 fully saturated rings. The quantitative estimate of drug-likeness (QED) is 0.790. The molecular weight excluding hydrogens is 236 g/mol. The first-order chi connectivity index (χ1) is 7.63. The SMILES string of the molecule is CCC(NC(=S)NCC(C)C)c1cccs1. The van der Waals surface area contributed by atoms with Crippen molar-refractivity contribution in [3.8, 4) is 0 Å². The predicted octanol–water partition coefficient (Wildman–Crippen LogP) is 3.32. The Bertz CT molecular complexity index is 307. The third-order valence-corrected chi connectivity index (χ3v) is 3.52. The molecule has 0 saturated heterocycles. The van der Waals surface area contributed by atoms with Crippen LogP contribution < -0.4 is 10.6 Å². The molecule has 16 heavy (non-hydrogen) atoms. The molecule has 90 valence electrons. The maximum Gasteiger partial charge on any atom is 0.166 e. The van der Waals surface area contributed by atoms with Gasteiger partial charge in [0.1, 0.15) is 0 Å². The standard InChI is InChI=1S/C12H20N2S2/c1-4-10(11-6-5-7-16-11)14-12(15)13-8-9(2)3/h5-7,9-10H,4,8H2,1-3H3,(H2,13,14,15). The largest absolute Gasteiger partial charge is 0.362 e. The minimum absolute atomic E-state index is 0.340. The van der Waals surface area contributed by atoms with E-state index in [1.807, 2.05) is 0 Å². The molecule has 0 aliphatic rings. The first kappa shape index (κ1) is 13.5. The van der Waals surface area contributed by atoms with Crippen LogP contribution in [0, 0.1) is 5.92 Å². The van der Waals surface area contributed by atoms with E-state index >= 15 is 0 Å². The predicted molar refractivity (Wildman–Crippen MR) is 75.9 cm³/mol. The zero-order chi connectivity index (χ0) is 12.0. The van der Waals surface area contributed by atoms with Gasteiger partial charge in [-0.1, -0.05) is 26.8 Å². The van der Waals surface area contributed by atoms with Crippen molar-refractivity contribution in [2.24, 2.45) is 5.92 Å². The molecule has 1 rings (SSSR count). The Hall–Kier alpha value is -0.610. The molecule has 1 unspecified atom stereocenters. The Morgan fingerprint density at radius 2 is 2.25 bits per heavy atom. The van der Waals surface area contributed by atoms with Gasteiger partial charge in [-0.2, -0.15) is 0 Å². The second-order valence-electron chi connectivity index (χ2n) is 4.22. The normalized spacial score (nSPS) is 12.5. The van der Waals surface area contributed by atoms with Gasteiger partial charge in [-0.15, -0.1) is 11.3 Å². The zero-order valence-corrected chi connectivity index (χ0v) is 11.8. The van der Waals surface area contributed by atoms with Gasteiger partial charge in [-0.25, -0.2) is 0 Å². The highest BCUT2D eigenvalue weighted by Gasteiger charge is 2.11. The molecule has 0 bridgehead atoms. The molecule has 2 N–H and O–H groups in total. The maximum absolute atomic E-state index is 5.27. The lowest BCUT2D eigenvalue weighted by Crippen LogP contribution is -2.38. The van der Waals surface area contributed by atoms with Gasteiger partial charge in [-0.3, -0.25) is 0 Å². The summed E-state index contributed by atoms with van der Waals surface area (Å²) in [6, 6.07) is 4.57. The Morgan fingerprint density at radius 3 is 2.75 bits per heavy atom. The molecule has 0 spiro atoms. The number of hydrogen-bond donors (Lipinski definition) is 2. The summed E-state index contributed by atoms with van der Waals surface area (Å²) in [5, 5.41) is 9.45. The van der Waals surface area contributed by atoms with E-state index in [2.05, 4.69) is 48.9 Å². The molecule has 4 heteroatoms. The zero-order valence-electron chi connectivity index (χ0n) is 10.1. The molecule has 0 aliphatic carbocycles. The number of thiophene rings is 1. The van der Waals surface area contributed by atoms with E-state index in [-0.39, 0.29) is 0 Å². The van der Waals surface area contributed by atoms with Crippen LogP contribution in [0.3, 0.4) is 0 Å².